The fraction of sp³-hybridized carbons (Fsp3) is 0.286. The molecule has 1 aliphatic heterocycles. The second-order valence-corrected chi connectivity index (χ2v) is 10.1. The monoisotopic (exact) mass is 559 g/mol. The summed E-state index contributed by atoms with van der Waals surface area (Å²) < 4.78 is 15.5. The van der Waals surface area contributed by atoms with Gasteiger partial charge in [-0.1, -0.05) is 35.5 Å². The van der Waals surface area contributed by atoms with Crippen LogP contribution in [0.2, 0.25) is 0 Å². The molecule has 0 spiro atoms. The molecular formula is C28H26BrN5O3. The first-order valence-electron chi connectivity index (χ1n) is 12.3. The number of benzene rings is 2. The van der Waals surface area contributed by atoms with E-state index >= 15 is 0 Å². The molecule has 37 heavy (non-hydrogen) atoms. The molecule has 0 saturated carbocycles. The fourth-order valence-corrected chi connectivity index (χ4v) is 6.09. The zero-order valence-corrected chi connectivity index (χ0v) is 22.2. The van der Waals surface area contributed by atoms with Crippen LogP contribution < -0.4 is 0 Å². The summed E-state index contributed by atoms with van der Waals surface area (Å²) in [5, 5.41) is 9.31. The first kappa shape index (κ1) is 23.8. The predicted molar refractivity (Wildman–Crippen MR) is 144 cm³/mol. The number of aryl methyl sites for hydroxylation is 1. The topological polar surface area (TPSA) is 84.1 Å². The molecular weight excluding hydrogens is 534 g/mol. The summed E-state index contributed by atoms with van der Waals surface area (Å²) in [5.74, 6) is -0.00920. The lowest BCUT2D eigenvalue weighted by Crippen LogP contribution is -2.27. The van der Waals surface area contributed by atoms with Gasteiger partial charge in [-0.15, -0.1) is 5.10 Å². The summed E-state index contributed by atoms with van der Waals surface area (Å²) in [7, 11) is 3.27. The number of methoxy groups -OCH3 is 1. The number of carbonyl (C=O) groups excluding carboxylic acids is 1. The van der Waals surface area contributed by atoms with Crippen LogP contribution in [0.4, 0.5) is 0 Å². The lowest BCUT2D eigenvalue weighted by molar-refractivity contribution is 0.0553. The lowest BCUT2D eigenvalue weighted by atomic mass is 9.86. The number of esters is 1. The summed E-state index contributed by atoms with van der Waals surface area (Å²) in [4.78, 5) is 17.5. The molecule has 1 atom stereocenters. The van der Waals surface area contributed by atoms with E-state index in [1.54, 1.807) is 10.7 Å². The first-order chi connectivity index (χ1) is 18.1. The van der Waals surface area contributed by atoms with Gasteiger partial charge in [0.1, 0.15) is 5.69 Å². The van der Waals surface area contributed by atoms with Crippen LogP contribution in [0.15, 0.2) is 65.4 Å². The summed E-state index contributed by atoms with van der Waals surface area (Å²) in [6.07, 6.45) is 3.75. The van der Waals surface area contributed by atoms with E-state index in [0.717, 1.165) is 59.2 Å². The number of halogens is 1. The van der Waals surface area contributed by atoms with Gasteiger partial charge in [-0.05, 0) is 64.5 Å². The van der Waals surface area contributed by atoms with Crippen molar-refractivity contribution in [2.45, 2.75) is 18.9 Å². The molecule has 8 nitrogen and oxygen atoms in total. The van der Waals surface area contributed by atoms with E-state index in [9.17, 15) is 4.79 Å². The average molecular weight is 560 g/mol. The lowest BCUT2D eigenvalue weighted by Gasteiger charge is -2.33. The van der Waals surface area contributed by atoms with Crippen molar-refractivity contribution < 1.29 is 14.3 Å². The largest absolute Gasteiger partial charge is 0.465 e. The summed E-state index contributed by atoms with van der Waals surface area (Å²) in [5.41, 5.74) is 6.30. The summed E-state index contributed by atoms with van der Waals surface area (Å²) in [6.45, 7) is 1.46. The number of nitrogens with zero attached hydrogens (tertiary/aromatic N) is 5. The molecule has 0 aliphatic carbocycles. The van der Waals surface area contributed by atoms with Crippen LogP contribution in [0.1, 0.15) is 34.8 Å². The maximum Gasteiger partial charge on any atom is 0.337 e. The van der Waals surface area contributed by atoms with Gasteiger partial charge in [0.15, 0.2) is 4.60 Å². The number of fused-ring (bicyclic) bond motifs is 3. The normalized spacial score (nSPS) is 15.3. The van der Waals surface area contributed by atoms with Crippen molar-refractivity contribution in [2.75, 3.05) is 20.3 Å². The SMILES string of the molecule is COC(=O)c1ccc2c3ncc(-c4c(Br)nnn4C)cc3n(C(c3ccccc3)C3CCOCC3)c2c1. The Labute approximate surface area is 222 Å². The Hall–Kier alpha value is -3.56. The fourth-order valence-electron chi connectivity index (χ4n) is 5.53. The van der Waals surface area contributed by atoms with Crippen LogP contribution in [0.3, 0.4) is 0 Å². The van der Waals surface area contributed by atoms with Gasteiger partial charge < -0.3 is 14.0 Å². The van der Waals surface area contributed by atoms with Crippen LogP contribution in [-0.4, -0.2) is 50.8 Å². The highest BCUT2D eigenvalue weighted by Crippen LogP contribution is 2.41. The van der Waals surface area contributed by atoms with Crippen molar-refractivity contribution in [3.05, 3.63) is 76.5 Å². The number of ether oxygens (including phenoxy) is 2. The molecule has 1 aliphatic rings. The number of rotatable bonds is 5. The molecule has 1 saturated heterocycles. The van der Waals surface area contributed by atoms with Crippen molar-refractivity contribution in [1.29, 1.82) is 0 Å². The van der Waals surface area contributed by atoms with Crippen molar-refractivity contribution in [3.63, 3.8) is 0 Å². The maximum atomic E-state index is 12.5. The zero-order chi connectivity index (χ0) is 25.5. The van der Waals surface area contributed by atoms with E-state index in [1.807, 2.05) is 31.4 Å². The second-order valence-electron chi connectivity index (χ2n) is 9.34. The molecule has 4 heterocycles. The number of aromatic nitrogens is 5. The number of carbonyl (C=O) groups is 1. The standard InChI is InChI=1S/C28H26BrN5O3/c1-33-26(27(29)31-32-33)20-15-23-24(30-16-20)21-9-8-19(28(35)36-2)14-22(21)34(23)25(17-6-4-3-5-7-17)18-10-12-37-13-11-18/h3-9,14-16,18,25H,10-13H2,1-2H3. The Kier molecular flexibility index (Phi) is 6.26. The number of hydrogen-bond donors (Lipinski definition) is 0. The van der Waals surface area contributed by atoms with Crippen LogP contribution in [0.25, 0.3) is 33.2 Å². The highest BCUT2D eigenvalue weighted by Gasteiger charge is 2.30. The van der Waals surface area contributed by atoms with Crippen molar-refractivity contribution >= 4 is 43.8 Å². The van der Waals surface area contributed by atoms with E-state index in [2.05, 4.69) is 61.1 Å². The van der Waals surface area contributed by atoms with E-state index in [4.69, 9.17) is 14.5 Å². The Morgan fingerprint density at radius 1 is 1.11 bits per heavy atom. The minimum Gasteiger partial charge on any atom is -0.465 e. The minimum atomic E-state index is -0.362. The van der Waals surface area contributed by atoms with Crippen LogP contribution in [-0.2, 0) is 16.5 Å². The van der Waals surface area contributed by atoms with Gasteiger partial charge in [-0.25, -0.2) is 9.48 Å². The molecule has 0 radical (unpaired) electrons. The van der Waals surface area contributed by atoms with E-state index in [-0.39, 0.29) is 12.0 Å². The highest BCUT2D eigenvalue weighted by molar-refractivity contribution is 9.10. The number of pyridine rings is 1. The van der Waals surface area contributed by atoms with Gasteiger partial charge in [0.25, 0.3) is 0 Å². The van der Waals surface area contributed by atoms with Crippen molar-refractivity contribution in [1.82, 2.24) is 24.5 Å². The van der Waals surface area contributed by atoms with Crippen LogP contribution >= 0.6 is 15.9 Å². The molecule has 1 unspecified atom stereocenters. The minimum absolute atomic E-state index is 0.0307. The van der Waals surface area contributed by atoms with Gasteiger partial charge in [-0.2, -0.15) is 0 Å². The molecule has 9 heteroatoms. The molecule has 6 rings (SSSR count). The number of hydrogen-bond acceptors (Lipinski definition) is 6. The summed E-state index contributed by atoms with van der Waals surface area (Å²) >= 11 is 3.54. The smallest absolute Gasteiger partial charge is 0.337 e. The molecule has 2 aromatic carbocycles. The van der Waals surface area contributed by atoms with Crippen LogP contribution in [0, 0.1) is 5.92 Å². The zero-order valence-electron chi connectivity index (χ0n) is 20.6. The predicted octanol–water partition coefficient (Wildman–Crippen LogP) is 5.55. The van der Waals surface area contributed by atoms with Crippen molar-refractivity contribution in [3.8, 4) is 11.3 Å². The molecule has 0 bridgehead atoms. The van der Waals surface area contributed by atoms with Gasteiger partial charge in [0.05, 0.1) is 35.3 Å². The summed E-state index contributed by atoms with van der Waals surface area (Å²) in [6, 6.07) is 18.5. The van der Waals surface area contributed by atoms with Gasteiger partial charge in [0, 0.05) is 37.4 Å². The average Bonchev–Trinajstić information content (AvgIpc) is 3.45. The van der Waals surface area contributed by atoms with E-state index in [1.165, 1.54) is 12.7 Å². The second kappa shape index (κ2) is 9.72. The van der Waals surface area contributed by atoms with Gasteiger partial charge in [-0.3, -0.25) is 4.98 Å². The molecule has 0 N–H and O–H groups in total. The van der Waals surface area contributed by atoms with Crippen molar-refractivity contribution in [2.24, 2.45) is 13.0 Å². The van der Waals surface area contributed by atoms with E-state index < -0.39 is 0 Å². The Morgan fingerprint density at radius 3 is 2.59 bits per heavy atom. The third kappa shape index (κ3) is 4.12. The van der Waals surface area contributed by atoms with Gasteiger partial charge >= 0.3 is 5.97 Å². The Morgan fingerprint density at radius 2 is 1.89 bits per heavy atom. The molecule has 5 aromatic rings. The maximum absolute atomic E-state index is 12.5. The van der Waals surface area contributed by atoms with Crippen LogP contribution in [0.5, 0.6) is 0 Å². The Balaban J connectivity index is 1.68. The van der Waals surface area contributed by atoms with Gasteiger partial charge in [0.2, 0.25) is 0 Å². The third-order valence-electron chi connectivity index (χ3n) is 7.25. The molecule has 3 aromatic heterocycles. The molecule has 0 amide bonds. The quantitative estimate of drug-likeness (QED) is 0.262. The third-order valence-corrected chi connectivity index (χ3v) is 7.79. The molecule has 1 fully saturated rings. The highest BCUT2D eigenvalue weighted by atomic mass is 79.9. The van der Waals surface area contributed by atoms with E-state index in [0.29, 0.717) is 16.1 Å². The molecule has 188 valence electrons. The first-order valence-corrected chi connectivity index (χ1v) is 13.1. The Bertz CT molecular complexity index is 1590.